The van der Waals surface area contributed by atoms with Crippen molar-refractivity contribution >= 4 is 27.5 Å². The zero-order valence-electron chi connectivity index (χ0n) is 17.1. The molecule has 0 unspecified atom stereocenters. The second-order valence-electron chi connectivity index (χ2n) is 7.33. The summed E-state index contributed by atoms with van der Waals surface area (Å²) >= 11 is 0. The predicted molar refractivity (Wildman–Crippen MR) is 117 cm³/mol. The van der Waals surface area contributed by atoms with Crippen LogP contribution in [0.2, 0.25) is 0 Å². The van der Waals surface area contributed by atoms with Gasteiger partial charge in [0.1, 0.15) is 11.6 Å². The molecular formula is C21H23FN6O2S. The molecule has 0 spiro atoms. The molecule has 3 heterocycles. The lowest BCUT2D eigenvalue weighted by molar-refractivity contribution is 0.383. The maximum atomic E-state index is 13.0. The first-order valence-corrected chi connectivity index (χ1v) is 11.5. The number of pyridine rings is 1. The minimum absolute atomic E-state index is 0.138. The van der Waals surface area contributed by atoms with Crippen molar-refractivity contribution < 1.29 is 12.8 Å². The molecule has 1 aliphatic heterocycles. The minimum atomic E-state index is -3.47. The molecule has 0 bridgehead atoms. The van der Waals surface area contributed by atoms with Gasteiger partial charge in [0.05, 0.1) is 5.75 Å². The summed E-state index contributed by atoms with van der Waals surface area (Å²) in [7, 11) is -3.47. The third-order valence-electron chi connectivity index (χ3n) is 5.01. The van der Waals surface area contributed by atoms with Crippen LogP contribution in [0, 0.1) is 12.7 Å². The Balaban J connectivity index is 1.34. The van der Waals surface area contributed by atoms with Crippen LogP contribution in [0.5, 0.6) is 0 Å². The van der Waals surface area contributed by atoms with E-state index in [9.17, 15) is 12.8 Å². The third-order valence-corrected chi connectivity index (χ3v) is 6.86. The van der Waals surface area contributed by atoms with Gasteiger partial charge in [0.25, 0.3) is 0 Å². The molecule has 162 valence electrons. The molecule has 31 heavy (non-hydrogen) atoms. The highest BCUT2D eigenvalue weighted by Gasteiger charge is 2.27. The first-order valence-electron chi connectivity index (χ1n) is 9.91. The quantitative estimate of drug-likeness (QED) is 0.628. The molecule has 0 amide bonds. The number of nitrogens with zero attached hydrogens (tertiary/aromatic N) is 5. The van der Waals surface area contributed by atoms with Crippen LogP contribution in [-0.4, -0.2) is 54.1 Å². The van der Waals surface area contributed by atoms with Crippen molar-refractivity contribution in [3.05, 3.63) is 71.7 Å². The van der Waals surface area contributed by atoms with Gasteiger partial charge in [-0.05, 0) is 48.9 Å². The number of sulfonamides is 1. The van der Waals surface area contributed by atoms with Crippen molar-refractivity contribution in [2.24, 2.45) is 0 Å². The largest absolute Gasteiger partial charge is 0.352 e. The van der Waals surface area contributed by atoms with Crippen LogP contribution in [0.25, 0.3) is 0 Å². The number of piperazine rings is 1. The summed E-state index contributed by atoms with van der Waals surface area (Å²) in [6, 6.07) is 14.9. The van der Waals surface area contributed by atoms with Crippen LogP contribution in [0.1, 0.15) is 11.3 Å². The van der Waals surface area contributed by atoms with Crippen LogP contribution < -0.4 is 10.2 Å². The van der Waals surface area contributed by atoms with Crippen molar-refractivity contribution in [2.75, 3.05) is 36.4 Å². The lowest BCUT2D eigenvalue weighted by Crippen LogP contribution is -2.49. The van der Waals surface area contributed by atoms with Gasteiger partial charge in [0, 0.05) is 31.9 Å². The highest BCUT2D eigenvalue weighted by Crippen LogP contribution is 2.19. The molecule has 2 aromatic heterocycles. The van der Waals surface area contributed by atoms with Crippen LogP contribution in [-0.2, 0) is 15.8 Å². The molecule has 4 rings (SSSR count). The lowest BCUT2D eigenvalue weighted by atomic mass is 10.2. The molecule has 3 aromatic rings. The number of benzene rings is 1. The number of hydrogen-bond acceptors (Lipinski definition) is 7. The van der Waals surface area contributed by atoms with Crippen molar-refractivity contribution in [1.29, 1.82) is 0 Å². The third kappa shape index (κ3) is 5.33. The lowest BCUT2D eigenvalue weighted by Gasteiger charge is -2.34. The van der Waals surface area contributed by atoms with Crippen molar-refractivity contribution in [2.45, 2.75) is 12.7 Å². The Bertz CT molecular complexity index is 1130. The van der Waals surface area contributed by atoms with Gasteiger partial charge in [-0.25, -0.2) is 17.8 Å². The molecule has 1 fully saturated rings. The Morgan fingerprint density at radius 2 is 1.68 bits per heavy atom. The molecule has 0 radical (unpaired) electrons. The Labute approximate surface area is 180 Å². The topological polar surface area (TPSA) is 91.3 Å². The number of aryl methyl sites for hydroxylation is 1. The van der Waals surface area contributed by atoms with Crippen molar-refractivity contribution in [3.63, 3.8) is 0 Å². The summed E-state index contributed by atoms with van der Waals surface area (Å²) in [5.74, 6) is 1.45. The first kappa shape index (κ1) is 21.1. The molecule has 0 saturated carbocycles. The van der Waals surface area contributed by atoms with Gasteiger partial charge in [-0.15, -0.1) is 10.2 Å². The molecule has 8 nitrogen and oxygen atoms in total. The Hall–Kier alpha value is -3.11. The van der Waals surface area contributed by atoms with Crippen molar-refractivity contribution in [1.82, 2.24) is 19.5 Å². The van der Waals surface area contributed by atoms with Crippen LogP contribution in [0.15, 0.2) is 54.6 Å². The van der Waals surface area contributed by atoms with Crippen LogP contribution in [0.3, 0.4) is 0 Å². The molecule has 1 aromatic carbocycles. The Kier molecular flexibility index (Phi) is 6.10. The van der Waals surface area contributed by atoms with Crippen LogP contribution >= 0.6 is 0 Å². The van der Waals surface area contributed by atoms with Gasteiger partial charge >= 0.3 is 0 Å². The van der Waals surface area contributed by atoms with E-state index in [1.807, 2.05) is 42.2 Å². The number of halogens is 1. The minimum Gasteiger partial charge on any atom is -0.352 e. The summed E-state index contributed by atoms with van der Waals surface area (Å²) in [5.41, 5.74) is 1.47. The van der Waals surface area contributed by atoms with E-state index in [1.54, 1.807) is 0 Å². The molecule has 1 aliphatic rings. The summed E-state index contributed by atoms with van der Waals surface area (Å²) in [4.78, 5) is 6.38. The van der Waals surface area contributed by atoms with Gasteiger partial charge in [-0.1, -0.05) is 18.2 Å². The predicted octanol–water partition coefficient (Wildman–Crippen LogP) is 2.71. The molecule has 10 heteroatoms. The number of nitrogens with one attached hydrogen (secondary N) is 1. The van der Waals surface area contributed by atoms with E-state index < -0.39 is 10.0 Å². The van der Waals surface area contributed by atoms with Crippen molar-refractivity contribution in [3.8, 4) is 0 Å². The second kappa shape index (κ2) is 8.94. The Morgan fingerprint density at radius 3 is 2.32 bits per heavy atom. The normalized spacial score (nSPS) is 15.1. The van der Waals surface area contributed by atoms with Gasteiger partial charge in [0.2, 0.25) is 10.0 Å². The SMILES string of the molecule is Cc1cccc(Nc2ccc(N3CCN(S(=O)(=O)Cc4ccc(F)cc4)CC3)nn2)n1. The average Bonchev–Trinajstić information content (AvgIpc) is 2.76. The maximum absolute atomic E-state index is 13.0. The molecular weight excluding hydrogens is 419 g/mol. The van der Waals surface area contributed by atoms with Gasteiger partial charge in [-0.2, -0.15) is 4.31 Å². The van der Waals surface area contributed by atoms with E-state index in [0.29, 0.717) is 49.2 Å². The fraction of sp³-hybridized carbons (Fsp3) is 0.286. The van der Waals surface area contributed by atoms with Gasteiger partial charge in [-0.3, -0.25) is 0 Å². The van der Waals surface area contributed by atoms with E-state index in [4.69, 9.17) is 0 Å². The highest BCUT2D eigenvalue weighted by atomic mass is 32.2. The number of hydrogen-bond donors (Lipinski definition) is 1. The van der Waals surface area contributed by atoms with Gasteiger partial charge < -0.3 is 10.2 Å². The van der Waals surface area contributed by atoms with Crippen LogP contribution in [0.4, 0.5) is 21.8 Å². The zero-order chi connectivity index (χ0) is 21.8. The average molecular weight is 443 g/mol. The monoisotopic (exact) mass is 442 g/mol. The maximum Gasteiger partial charge on any atom is 0.218 e. The fourth-order valence-corrected chi connectivity index (χ4v) is 4.90. The number of rotatable bonds is 6. The van der Waals surface area contributed by atoms with E-state index in [2.05, 4.69) is 20.5 Å². The fourth-order valence-electron chi connectivity index (χ4n) is 3.38. The van der Waals surface area contributed by atoms with E-state index in [-0.39, 0.29) is 11.6 Å². The molecule has 1 N–H and O–H groups in total. The van der Waals surface area contributed by atoms with E-state index >= 15 is 0 Å². The number of aromatic nitrogens is 3. The summed E-state index contributed by atoms with van der Waals surface area (Å²) < 4.78 is 39.9. The molecule has 0 aliphatic carbocycles. The Morgan fingerprint density at radius 1 is 0.935 bits per heavy atom. The summed E-state index contributed by atoms with van der Waals surface area (Å²) in [6.45, 7) is 3.67. The second-order valence-corrected chi connectivity index (χ2v) is 9.30. The van der Waals surface area contributed by atoms with Gasteiger partial charge in [0.15, 0.2) is 11.6 Å². The molecule has 0 atom stereocenters. The standard InChI is InChI=1S/C21H23FN6O2S/c1-16-3-2-4-19(23-16)24-20-9-10-21(26-25-20)27-11-13-28(14-12-27)31(29,30)15-17-5-7-18(22)8-6-17/h2-10H,11-15H2,1H3,(H,23,24,25). The first-order chi connectivity index (χ1) is 14.9. The smallest absolute Gasteiger partial charge is 0.218 e. The molecule has 1 saturated heterocycles. The zero-order valence-corrected chi connectivity index (χ0v) is 17.9. The van der Waals surface area contributed by atoms with E-state index in [1.165, 1.54) is 28.6 Å². The summed E-state index contributed by atoms with van der Waals surface area (Å²) in [6.07, 6.45) is 0. The highest BCUT2D eigenvalue weighted by molar-refractivity contribution is 7.88. The summed E-state index contributed by atoms with van der Waals surface area (Å²) in [5, 5.41) is 11.6. The van der Waals surface area contributed by atoms with E-state index in [0.717, 1.165) is 5.69 Å². The number of anilines is 3.